The lowest BCUT2D eigenvalue weighted by atomic mass is 9.97. The average Bonchev–Trinajstić information content (AvgIpc) is 2.38. The third kappa shape index (κ3) is 4.04. The SMILES string of the molecule is Cc1ccc(C(C)C)cc1CN(C)C(=O)C(N)CO. The topological polar surface area (TPSA) is 66.6 Å². The Labute approximate surface area is 115 Å². The van der Waals surface area contributed by atoms with Crippen LogP contribution in [0.15, 0.2) is 18.2 Å². The van der Waals surface area contributed by atoms with Crippen LogP contribution in [-0.2, 0) is 11.3 Å². The second-order valence-corrected chi connectivity index (χ2v) is 5.32. The molecular formula is C15H24N2O2. The van der Waals surface area contributed by atoms with Gasteiger partial charge in [0.15, 0.2) is 0 Å². The maximum atomic E-state index is 11.8. The highest BCUT2D eigenvalue weighted by Gasteiger charge is 2.17. The standard InChI is InChI=1S/C15H24N2O2/c1-10(2)12-6-5-11(3)13(7-12)8-17(4)15(19)14(16)9-18/h5-7,10,14,18H,8-9,16H2,1-4H3. The van der Waals surface area contributed by atoms with Crippen LogP contribution in [0.25, 0.3) is 0 Å². The van der Waals surface area contributed by atoms with Crippen LogP contribution in [0.1, 0.15) is 36.5 Å². The lowest BCUT2D eigenvalue weighted by molar-refractivity contribution is -0.132. The molecule has 106 valence electrons. The summed E-state index contributed by atoms with van der Waals surface area (Å²) < 4.78 is 0. The van der Waals surface area contributed by atoms with Crippen LogP contribution in [0.2, 0.25) is 0 Å². The lowest BCUT2D eigenvalue weighted by Gasteiger charge is -2.22. The molecule has 0 aliphatic rings. The first-order valence-electron chi connectivity index (χ1n) is 6.57. The van der Waals surface area contributed by atoms with E-state index in [1.165, 1.54) is 5.56 Å². The normalized spacial score (nSPS) is 12.6. The number of rotatable bonds is 5. The van der Waals surface area contributed by atoms with Crippen LogP contribution in [0.5, 0.6) is 0 Å². The number of benzene rings is 1. The number of aliphatic hydroxyl groups excluding tert-OH is 1. The van der Waals surface area contributed by atoms with Crippen LogP contribution in [0, 0.1) is 6.92 Å². The third-order valence-corrected chi connectivity index (χ3v) is 3.34. The van der Waals surface area contributed by atoms with Gasteiger partial charge in [-0.2, -0.15) is 0 Å². The predicted octanol–water partition coefficient (Wildman–Crippen LogP) is 1.40. The van der Waals surface area contributed by atoms with E-state index >= 15 is 0 Å². The van der Waals surface area contributed by atoms with Crippen molar-refractivity contribution in [2.45, 2.75) is 39.3 Å². The monoisotopic (exact) mass is 264 g/mol. The van der Waals surface area contributed by atoms with Crippen molar-refractivity contribution in [3.05, 3.63) is 34.9 Å². The van der Waals surface area contributed by atoms with Gasteiger partial charge in [0.2, 0.25) is 5.91 Å². The second kappa shape index (κ2) is 6.68. The van der Waals surface area contributed by atoms with Gasteiger partial charge in [0.05, 0.1) is 6.61 Å². The highest BCUT2D eigenvalue weighted by molar-refractivity contribution is 5.81. The van der Waals surface area contributed by atoms with Gasteiger partial charge in [-0.15, -0.1) is 0 Å². The number of carbonyl (C=O) groups is 1. The minimum absolute atomic E-state index is 0.239. The molecule has 0 aliphatic heterocycles. The van der Waals surface area contributed by atoms with E-state index in [1.54, 1.807) is 11.9 Å². The van der Waals surface area contributed by atoms with Crippen molar-refractivity contribution in [2.75, 3.05) is 13.7 Å². The van der Waals surface area contributed by atoms with Crippen LogP contribution < -0.4 is 5.73 Å². The molecule has 3 N–H and O–H groups in total. The fourth-order valence-electron chi connectivity index (χ4n) is 1.92. The molecule has 0 bridgehead atoms. The number of amides is 1. The Kier molecular flexibility index (Phi) is 5.51. The molecule has 19 heavy (non-hydrogen) atoms. The first kappa shape index (κ1) is 15.7. The van der Waals surface area contributed by atoms with Gasteiger partial charge in [0.25, 0.3) is 0 Å². The molecule has 4 nitrogen and oxygen atoms in total. The summed E-state index contributed by atoms with van der Waals surface area (Å²) in [5, 5.41) is 8.92. The minimum Gasteiger partial charge on any atom is -0.394 e. The van der Waals surface area contributed by atoms with Crippen LogP contribution in [0.4, 0.5) is 0 Å². The van der Waals surface area contributed by atoms with Gasteiger partial charge in [-0.3, -0.25) is 4.79 Å². The van der Waals surface area contributed by atoms with E-state index in [4.69, 9.17) is 10.8 Å². The van der Waals surface area contributed by atoms with Gasteiger partial charge in [0.1, 0.15) is 6.04 Å². The van der Waals surface area contributed by atoms with Crippen molar-refractivity contribution >= 4 is 5.91 Å². The van der Waals surface area contributed by atoms with Crippen LogP contribution >= 0.6 is 0 Å². The number of nitrogens with two attached hydrogens (primary N) is 1. The molecule has 1 aromatic rings. The molecule has 1 aromatic carbocycles. The predicted molar refractivity (Wildman–Crippen MR) is 76.8 cm³/mol. The molecule has 1 rings (SSSR count). The quantitative estimate of drug-likeness (QED) is 0.844. The van der Waals surface area contributed by atoms with E-state index in [-0.39, 0.29) is 12.5 Å². The van der Waals surface area contributed by atoms with Gasteiger partial charge in [0, 0.05) is 13.6 Å². The lowest BCUT2D eigenvalue weighted by Crippen LogP contribution is -2.43. The first-order valence-corrected chi connectivity index (χ1v) is 6.57. The summed E-state index contributed by atoms with van der Waals surface area (Å²) in [4.78, 5) is 13.4. The van der Waals surface area contributed by atoms with Gasteiger partial charge < -0.3 is 15.7 Å². The van der Waals surface area contributed by atoms with Gasteiger partial charge >= 0.3 is 0 Å². The number of aliphatic hydroxyl groups is 1. The fraction of sp³-hybridized carbons (Fsp3) is 0.533. The zero-order valence-corrected chi connectivity index (χ0v) is 12.2. The molecule has 1 unspecified atom stereocenters. The largest absolute Gasteiger partial charge is 0.394 e. The Morgan fingerprint density at radius 3 is 2.58 bits per heavy atom. The molecule has 0 aliphatic carbocycles. The molecule has 0 saturated carbocycles. The summed E-state index contributed by atoms with van der Waals surface area (Å²) in [6, 6.07) is 5.49. The summed E-state index contributed by atoms with van der Waals surface area (Å²) in [7, 11) is 1.71. The van der Waals surface area contributed by atoms with Crippen molar-refractivity contribution in [3.8, 4) is 0 Å². The fourth-order valence-corrected chi connectivity index (χ4v) is 1.92. The van der Waals surface area contributed by atoms with Crippen molar-refractivity contribution in [1.82, 2.24) is 4.90 Å². The Morgan fingerprint density at radius 2 is 2.05 bits per heavy atom. The van der Waals surface area contributed by atoms with E-state index in [0.29, 0.717) is 12.5 Å². The highest BCUT2D eigenvalue weighted by Crippen LogP contribution is 2.19. The Morgan fingerprint density at radius 1 is 1.42 bits per heavy atom. The maximum Gasteiger partial charge on any atom is 0.241 e. The number of aryl methyl sites for hydroxylation is 1. The van der Waals surface area contributed by atoms with E-state index in [0.717, 1.165) is 11.1 Å². The molecular weight excluding hydrogens is 240 g/mol. The zero-order valence-electron chi connectivity index (χ0n) is 12.2. The smallest absolute Gasteiger partial charge is 0.241 e. The Bertz CT molecular complexity index is 444. The molecule has 1 atom stereocenters. The molecule has 0 fully saturated rings. The van der Waals surface area contributed by atoms with Crippen molar-refractivity contribution in [1.29, 1.82) is 0 Å². The molecule has 0 spiro atoms. The van der Waals surface area contributed by atoms with Crippen molar-refractivity contribution in [3.63, 3.8) is 0 Å². The molecule has 0 saturated heterocycles. The van der Waals surface area contributed by atoms with Crippen molar-refractivity contribution < 1.29 is 9.90 Å². The van der Waals surface area contributed by atoms with Crippen LogP contribution in [0.3, 0.4) is 0 Å². The van der Waals surface area contributed by atoms with E-state index in [2.05, 4.69) is 32.0 Å². The second-order valence-electron chi connectivity index (χ2n) is 5.32. The summed E-state index contributed by atoms with van der Waals surface area (Å²) >= 11 is 0. The summed E-state index contributed by atoms with van der Waals surface area (Å²) in [5.74, 6) is 0.219. The zero-order chi connectivity index (χ0) is 14.6. The number of carbonyl (C=O) groups excluding carboxylic acids is 1. The molecule has 1 amide bonds. The maximum absolute atomic E-state index is 11.8. The third-order valence-electron chi connectivity index (χ3n) is 3.34. The number of hydrogen-bond acceptors (Lipinski definition) is 3. The Balaban J connectivity index is 2.87. The molecule has 0 aromatic heterocycles. The Hall–Kier alpha value is -1.39. The van der Waals surface area contributed by atoms with Gasteiger partial charge in [-0.25, -0.2) is 0 Å². The minimum atomic E-state index is -0.835. The summed E-state index contributed by atoms with van der Waals surface area (Å²) in [6.07, 6.45) is 0. The van der Waals surface area contributed by atoms with E-state index < -0.39 is 6.04 Å². The average molecular weight is 264 g/mol. The number of hydrogen-bond donors (Lipinski definition) is 2. The first-order chi connectivity index (χ1) is 8.86. The van der Waals surface area contributed by atoms with Gasteiger partial charge in [-0.05, 0) is 29.5 Å². The summed E-state index contributed by atoms with van der Waals surface area (Å²) in [6.45, 7) is 6.51. The van der Waals surface area contributed by atoms with E-state index in [1.807, 2.05) is 6.92 Å². The number of likely N-dealkylation sites (N-methyl/N-ethyl adjacent to an activating group) is 1. The molecule has 0 radical (unpaired) electrons. The molecule has 4 heteroatoms. The summed E-state index contributed by atoms with van der Waals surface area (Å²) in [5.41, 5.74) is 9.08. The van der Waals surface area contributed by atoms with E-state index in [9.17, 15) is 4.79 Å². The van der Waals surface area contributed by atoms with Crippen LogP contribution in [-0.4, -0.2) is 35.6 Å². The van der Waals surface area contributed by atoms with Crippen molar-refractivity contribution in [2.24, 2.45) is 5.73 Å². The number of nitrogens with zero attached hydrogens (tertiary/aromatic N) is 1. The van der Waals surface area contributed by atoms with Gasteiger partial charge in [-0.1, -0.05) is 32.0 Å². The highest BCUT2D eigenvalue weighted by atomic mass is 16.3. The molecule has 0 heterocycles.